The number of carboxylic acid groups (broad SMARTS) is 1. The molecule has 1 unspecified atom stereocenters. The van der Waals surface area contributed by atoms with Crippen molar-refractivity contribution >= 4 is 11.9 Å². The van der Waals surface area contributed by atoms with Gasteiger partial charge in [0.1, 0.15) is 11.6 Å². The zero-order valence-electron chi connectivity index (χ0n) is 10.5. The molecule has 0 aliphatic heterocycles. The number of carbonyl (C=O) groups excluding carboxylic acids is 1. The highest BCUT2D eigenvalue weighted by molar-refractivity contribution is 5.77. The number of amides is 1. The lowest BCUT2D eigenvalue weighted by Gasteiger charge is -2.10. The van der Waals surface area contributed by atoms with E-state index in [-0.39, 0.29) is 30.9 Å². The molecule has 0 heterocycles. The summed E-state index contributed by atoms with van der Waals surface area (Å²) in [7, 11) is 0. The van der Waals surface area contributed by atoms with Crippen LogP contribution in [0.1, 0.15) is 25.3 Å². The van der Waals surface area contributed by atoms with Crippen molar-refractivity contribution in [2.45, 2.75) is 26.3 Å². The molecule has 0 saturated carbocycles. The third-order valence-electron chi connectivity index (χ3n) is 2.54. The topological polar surface area (TPSA) is 66.4 Å². The summed E-state index contributed by atoms with van der Waals surface area (Å²) in [4.78, 5) is 21.9. The second-order valence-electron chi connectivity index (χ2n) is 4.42. The van der Waals surface area contributed by atoms with Crippen LogP contribution in [0, 0.1) is 17.6 Å². The van der Waals surface area contributed by atoms with E-state index in [2.05, 4.69) is 5.32 Å². The van der Waals surface area contributed by atoms with Gasteiger partial charge in [0, 0.05) is 24.9 Å². The first kappa shape index (κ1) is 15.1. The number of hydrogen-bond acceptors (Lipinski definition) is 2. The van der Waals surface area contributed by atoms with Gasteiger partial charge in [0.05, 0.1) is 0 Å². The molecule has 1 aromatic rings. The molecule has 0 spiro atoms. The van der Waals surface area contributed by atoms with E-state index < -0.39 is 23.5 Å². The Balaban J connectivity index is 2.46. The van der Waals surface area contributed by atoms with Gasteiger partial charge < -0.3 is 10.4 Å². The number of halogens is 2. The maximum absolute atomic E-state index is 13.3. The quantitative estimate of drug-likeness (QED) is 0.832. The van der Waals surface area contributed by atoms with Crippen molar-refractivity contribution in [2.75, 3.05) is 0 Å². The number of rotatable bonds is 6. The van der Waals surface area contributed by atoms with Crippen molar-refractivity contribution in [2.24, 2.45) is 5.92 Å². The van der Waals surface area contributed by atoms with Gasteiger partial charge >= 0.3 is 5.97 Å². The second-order valence-corrected chi connectivity index (χ2v) is 4.42. The maximum Gasteiger partial charge on any atom is 0.303 e. The fourth-order valence-electron chi connectivity index (χ4n) is 1.63. The van der Waals surface area contributed by atoms with Crippen molar-refractivity contribution in [3.8, 4) is 0 Å². The molecule has 2 N–H and O–H groups in total. The molecule has 0 bridgehead atoms. The van der Waals surface area contributed by atoms with Gasteiger partial charge in [0.15, 0.2) is 0 Å². The predicted molar refractivity (Wildman–Crippen MR) is 64.2 cm³/mol. The summed E-state index contributed by atoms with van der Waals surface area (Å²) in [6.45, 7) is 1.51. The van der Waals surface area contributed by atoms with Crippen molar-refractivity contribution in [1.82, 2.24) is 5.32 Å². The minimum atomic E-state index is -0.975. The highest BCUT2D eigenvalue weighted by Gasteiger charge is 2.13. The van der Waals surface area contributed by atoms with Gasteiger partial charge in [-0.2, -0.15) is 0 Å². The highest BCUT2D eigenvalue weighted by atomic mass is 19.1. The van der Waals surface area contributed by atoms with Gasteiger partial charge in [-0.3, -0.25) is 9.59 Å². The predicted octanol–water partition coefficient (Wildman–Crippen LogP) is 2.08. The lowest BCUT2D eigenvalue weighted by Crippen LogP contribution is -2.25. The fourth-order valence-corrected chi connectivity index (χ4v) is 1.63. The molecule has 0 aromatic heterocycles. The van der Waals surface area contributed by atoms with Crippen LogP contribution in [0.3, 0.4) is 0 Å². The minimum absolute atomic E-state index is 0.0310. The number of benzene rings is 1. The third-order valence-corrected chi connectivity index (χ3v) is 2.54. The van der Waals surface area contributed by atoms with E-state index >= 15 is 0 Å². The minimum Gasteiger partial charge on any atom is -0.481 e. The molecule has 104 valence electrons. The first-order chi connectivity index (χ1) is 8.88. The van der Waals surface area contributed by atoms with E-state index in [1.165, 1.54) is 0 Å². The van der Waals surface area contributed by atoms with Gasteiger partial charge in [-0.15, -0.1) is 0 Å². The average Bonchev–Trinajstić information content (AvgIpc) is 2.29. The second kappa shape index (κ2) is 6.82. The van der Waals surface area contributed by atoms with Gasteiger partial charge in [0.25, 0.3) is 0 Å². The van der Waals surface area contributed by atoms with E-state index in [0.29, 0.717) is 0 Å². The number of nitrogens with one attached hydrogen (secondary N) is 1. The van der Waals surface area contributed by atoms with Crippen molar-refractivity contribution < 1.29 is 23.5 Å². The van der Waals surface area contributed by atoms with Crippen molar-refractivity contribution in [1.29, 1.82) is 0 Å². The number of carboxylic acids is 1. The van der Waals surface area contributed by atoms with E-state index in [1.54, 1.807) is 6.92 Å². The zero-order valence-corrected chi connectivity index (χ0v) is 10.5. The van der Waals surface area contributed by atoms with Crippen LogP contribution in [0.15, 0.2) is 18.2 Å². The van der Waals surface area contributed by atoms with E-state index in [4.69, 9.17) is 5.11 Å². The molecule has 1 rings (SSSR count). The summed E-state index contributed by atoms with van der Waals surface area (Å²) < 4.78 is 26.1. The molecule has 0 radical (unpaired) electrons. The molecule has 0 saturated heterocycles. The Kier molecular flexibility index (Phi) is 5.41. The van der Waals surface area contributed by atoms with Gasteiger partial charge in [-0.25, -0.2) is 8.78 Å². The molecule has 4 nitrogen and oxygen atoms in total. The van der Waals surface area contributed by atoms with Crippen LogP contribution in [0.2, 0.25) is 0 Å². The summed E-state index contributed by atoms with van der Waals surface area (Å²) in [5.74, 6) is -2.85. The Labute approximate surface area is 109 Å². The zero-order chi connectivity index (χ0) is 14.4. The van der Waals surface area contributed by atoms with Crippen LogP contribution in [-0.2, 0) is 16.1 Å². The Morgan fingerprint density at radius 1 is 1.32 bits per heavy atom. The standard InChI is InChI=1S/C13H15F2NO3/c1-8(5-13(18)19)4-12(17)16-7-9-6-10(14)2-3-11(9)15/h2-3,6,8H,4-5,7H2,1H3,(H,16,17)(H,18,19). The maximum atomic E-state index is 13.3. The molecule has 19 heavy (non-hydrogen) atoms. The molecule has 1 atom stereocenters. The van der Waals surface area contributed by atoms with Gasteiger partial charge in [-0.05, 0) is 24.1 Å². The normalized spacial score (nSPS) is 11.9. The SMILES string of the molecule is CC(CC(=O)O)CC(=O)NCc1cc(F)ccc1F. The lowest BCUT2D eigenvalue weighted by atomic mass is 10.0. The lowest BCUT2D eigenvalue weighted by molar-refractivity contribution is -0.138. The summed E-state index contributed by atoms with van der Waals surface area (Å²) in [6, 6.07) is 3.00. The molecule has 6 heteroatoms. The monoisotopic (exact) mass is 271 g/mol. The number of carbonyl (C=O) groups is 2. The smallest absolute Gasteiger partial charge is 0.303 e. The Morgan fingerprint density at radius 3 is 2.63 bits per heavy atom. The fraction of sp³-hybridized carbons (Fsp3) is 0.385. The largest absolute Gasteiger partial charge is 0.481 e. The molecular formula is C13H15F2NO3. The summed E-state index contributed by atoms with van der Waals surface area (Å²) in [6.07, 6.45) is -0.0784. The van der Waals surface area contributed by atoms with Crippen LogP contribution >= 0.6 is 0 Å². The first-order valence-electron chi connectivity index (χ1n) is 5.81. The molecule has 0 fully saturated rings. The highest BCUT2D eigenvalue weighted by Crippen LogP contribution is 2.10. The molecule has 1 amide bonds. The summed E-state index contributed by atoms with van der Waals surface area (Å²) in [5, 5.41) is 11.0. The molecular weight excluding hydrogens is 256 g/mol. The van der Waals surface area contributed by atoms with Crippen LogP contribution in [0.5, 0.6) is 0 Å². The Morgan fingerprint density at radius 2 is 2.00 bits per heavy atom. The number of aliphatic carboxylic acids is 1. The Hall–Kier alpha value is -1.98. The molecule has 0 aliphatic carbocycles. The Bertz CT molecular complexity index is 477. The summed E-state index contributed by atoms with van der Waals surface area (Å²) >= 11 is 0. The van der Waals surface area contributed by atoms with E-state index in [9.17, 15) is 18.4 Å². The molecule has 0 aliphatic rings. The van der Waals surface area contributed by atoms with Crippen LogP contribution in [0.4, 0.5) is 8.78 Å². The van der Waals surface area contributed by atoms with Gasteiger partial charge in [-0.1, -0.05) is 6.92 Å². The average molecular weight is 271 g/mol. The van der Waals surface area contributed by atoms with Crippen molar-refractivity contribution in [3.63, 3.8) is 0 Å². The molecule has 1 aromatic carbocycles. The van der Waals surface area contributed by atoms with Crippen LogP contribution in [-0.4, -0.2) is 17.0 Å². The first-order valence-corrected chi connectivity index (χ1v) is 5.81. The van der Waals surface area contributed by atoms with Gasteiger partial charge in [0.2, 0.25) is 5.91 Å². The van der Waals surface area contributed by atoms with E-state index in [1.807, 2.05) is 0 Å². The number of hydrogen-bond donors (Lipinski definition) is 2. The third kappa shape index (κ3) is 5.46. The van der Waals surface area contributed by atoms with E-state index in [0.717, 1.165) is 18.2 Å². The van der Waals surface area contributed by atoms with Crippen LogP contribution in [0.25, 0.3) is 0 Å². The van der Waals surface area contributed by atoms with Crippen LogP contribution < -0.4 is 5.32 Å². The summed E-state index contributed by atoms with van der Waals surface area (Å²) in [5.41, 5.74) is 0.0548. The van der Waals surface area contributed by atoms with Crippen molar-refractivity contribution in [3.05, 3.63) is 35.4 Å².